The fraction of sp³-hybridized carbons (Fsp3) is 0.722. The Bertz CT molecular complexity index is 1180. The van der Waals surface area contributed by atoms with Crippen LogP contribution in [0.15, 0.2) is 15.9 Å². The first-order valence-electron chi connectivity index (χ1n) is 10.6. The van der Waals surface area contributed by atoms with Crippen LogP contribution in [0, 0.1) is 0 Å². The van der Waals surface area contributed by atoms with E-state index in [0.29, 0.717) is 0 Å². The van der Waals surface area contributed by atoms with Gasteiger partial charge in [-0.05, 0) is 29.9 Å². The van der Waals surface area contributed by atoms with E-state index in [2.05, 4.69) is 48.8 Å². The number of rotatable bonds is 6. The third-order valence-corrected chi connectivity index (χ3v) is 20.6. The Balaban J connectivity index is 1.66. The summed E-state index contributed by atoms with van der Waals surface area (Å²) in [4.78, 5) is 32.8. The standard InChI is InChI=1S/C18H29N4O6PS3Si/c1-18(2,3)33(4,5)28-13-10(8-26-29(30)31-6-7-32-29)27-16(12(13)23)22-9-19-11-14(22)20-17(25)21-15(11)24/h9-10,12-13,16,23H,6-8H2,1-5H3,(H2,20,21,24,25)/t10-,12-,13-,16-/m1/s1. The van der Waals surface area contributed by atoms with Crippen LogP contribution in [-0.2, 0) is 25.5 Å². The first-order chi connectivity index (χ1) is 15.3. The van der Waals surface area contributed by atoms with Gasteiger partial charge < -0.3 is 18.8 Å². The van der Waals surface area contributed by atoms with E-state index >= 15 is 0 Å². The molecule has 2 saturated heterocycles. The number of hydrogen-bond donors (Lipinski definition) is 3. The number of fused-ring (bicyclic) bond motifs is 1. The molecule has 4 heterocycles. The van der Waals surface area contributed by atoms with E-state index < -0.39 is 48.8 Å². The van der Waals surface area contributed by atoms with Crippen molar-refractivity contribution in [3.8, 4) is 0 Å². The van der Waals surface area contributed by atoms with E-state index in [9.17, 15) is 14.7 Å². The van der Waals surface area contributed by atoms with Crippen molar-refractivity contribution in [3.05, 3.63) is 27.2 Å². The van der Waals surface area contributed by atoms with E-state index in [1.54, 1.807) is 22.8 Å². The molecule has 0 bridgehead atoms. The van der Waals surface area contributed by atoms with Crippen molar-refractivity contribution in [3.63, 3.8) is 0 Å². The van der Waals surface area contributed by atoms with Gasteiger partial charge in [-0.15, -0.1) is 0 Å². The van der Waals surface area contributed by atoms with Crippen LogP contribution < -0.4 is 11.2 Å². The van der Waals surface area contributed by atoms with E-state index in [1.165, 1.54) is 10.9 Å². The Kier molecular flexibility index (Phi) is 7.16. The van der Waals surface area contributed by atoms with Crippen LogP contribution in [0.5, 0.6) is 0 Å². The molecule has 0 aromatic carbocycles. The molecule has 0 spiro atoms. The second-order valence-electron chi connectivity index (χ2n) is 9.57. The number of nitrogens with one attached hydrogen (secondary N) is 2. The Morgan fingerprint density at radius 1 is 1.33 bits per heavy atom. The number of hydrogen-bond acceptors (Lipinski definition) is 10. The maximum absolute atomic E-state index is 12.1. The molecule has 10 nitrogen and oxygen atoms in total. The zero-order valence-electron chi connectivity index (χ0n) is 19.1. The van der Waals surface area contributed by atoms with Gasteiger partial charge in [0.1, 0.15) is 24.0 Å². The van der Waals surface area contributed by atoms with Crippen LogP contribution in [-0.4, -0.2) is 69.4 Å². The van der Waals surface area contributed by atoms with Crippen molar-refractivity contribution < 1.29 is 18.8 Å². The van der Waals surface area contributed by atoms with Gasteiger partial charge >= 0.3 is 5.69 Å². The quantitative estimate of drug-likeness (QED) is 0.363. The van der Waals surface area contributed by atoms with Crippen molar-refractivity contribution in [1.29, 1.82) is 0 Å². The van der Waals surface area contributed by atoms with Gasteiger partial charge in [-0.2, -0.15) is 0 Å². The SMILES string of the molecule is CC(C)(C)[Si](C)(C)O[C@H]1[C@@H](O)[C@H](n2cnc3c(=O)[nH]c(=O)[nH]c32)O[C@@H]1COP1(=S)SCCS1. The summed E-state index contributed by atoms with van der Waals surface area (Å²) in [7, 11) is -2.28. The minimum Gasteiger partial charge on any atom is -0.408 e. The highest BCUT2D eigenvalue weighted by Gasteiger charge is 2.51. The largest absolute Gasteiger partial charge is 0.408 e. The van der Waals surface area contributed by atoms with Gasteiger partial charge in [0.15, 0.2) is 24.7 Å². The third kappa shape index (κ3) is 5.10. The summed E-state index contributed by atoms with van der Waals surface area (Å²) in [5.74, 6) is 1.93. The van der Waals surface area contributed by atoms with Crippen molar-refractivity contribution in [2.45, 2.75) is 63.4 Å². The van der Waals surface area contributed by atoms with Crippen LogP contribution in [0.25, 0.3) is 11.2 Å². The van der Waals surface area contributed by atoms with Gasteiger partial charge in [0.25, 0.3) is 5.56 Å². The molecule has 184 valence electrons. The van der Waals surface area contributed by atoms with E-state index in [4.69, 9.17) is 25.5 Å². The smallest absolute Gasteiger partial charge is 0.327 e. The zero-order chi connectivity index (χ0) is 24.2. The molecule has 33 heavy (non-hydrogen) atoms. The molecule has 2 aliphatic heterocycles. The monoisotopic (exact) mass is 552 g/mol. The lowest BCUT2D eigenvalue weighted by Crippen LogP contribution is -2.49. The predicted molar refractivity (Wildman–Crippen MR) is 138 cm³/mol. The predicted octanol–water partition coefficient (Wildman–Crippen LogP) is 2.78. The molecule has 15 heteroatoms. The Morgan fingerprint density at radius 3 is 2.64 bits per heavy atom. The van der Waals surface area contributed by atoms with Gasteiger partial charge in [0.05, 0.1) is 12.9 Å². The molecule has 2 aromatic heterocycles. The molecular formula is C18H29N4O6PS3Si. The first-order valence-corrected chi connectivity index (χ1v) is 19.4. The van der Waals surface area contributed by atoms with Gasteiger partial charge in [0.2, 0.25) is 0 Å². The molecule has 4 atom stereocenters. The molecule has 2 aromatic rings. The van der Waals surface area contributed by atoms with E-state index in [1.807, 2.05) is 0 Å². The molecule has 3 N–H and O–H groups in total. The Morgan fingerprint density at radius 2 is 2.00 bits per heavy atom. The second-order valence-corrected chi connectivity index (χ2v) is 25.1. The number of aliphatic hydroxyl groups is 1. The topological polar surface area (TPSA) is 131 Å². The van der Waals surface area contributed by atoms with Crippen LogP contribution in [0.1, 0.15) is 27.0 Å². The van der Waals surface area contributed by atoms with Gasteiger partial charge in [-0.3, -0.25) is 19.3 Å². The number of nitrogens with zero attached hydrogens (tertiary/aromatic N) is 2. The van der Waals surface area contributed by atoms with Crippen LogP contribution in [0.4, 0.5) is 0 Å². The molecular weight excluding hydrogens is 523 g/mol. The van der Waals surface area contributed by atoms with Gasteiger partial charge in [-0.25, -0.2) is 9.78 Å². The number of H-pyrrole nitrogens is 2. The normalized spacial score (nSPS) is 28.1. The summed E-state index contributed by atoms with van der Waals surface area (Å²) >= 11 is 9.06. The van der Waals surface area contributed by atoms with Crippen molar-refractivity contribution in [2.75, 3.05) is 18.1 Å². The Labute approximate surface area is 205 Å². The zero-order valence-corrected chi connectivity index (χ0v) is 23.4. The van der Waals surface area contributed by atoms with Crippen molar-refractivity contribution in [2.24, 2.45) is 0 Å². The lowest BCUT2D eigenvalue weighted by atomic mass is 10.1. The Hall–Kier alpha value is -0.443. The number of aromatic amines is 2. The van der Waals surface area contributed by atoms with Crippen molar-refractivity contribution >= 4 is 58.7 Å². The summed E-state index contributed by atoms with van der Waals surface area (Å²) in [6, 6.07) is 0. The lowest BCUT2D eigenvalue weighted by molar-refractivity contribution is -0.0456. The average molecular weight is 553 g/mol. The number of aliphatic hydroxyl groups excluding tert-OH is 1. The fourth-order valence-electron chi connectivity index (χ4n) is 3.47. The van der Waals surface area contributed by atoms with E-state index in [0.717, 1.165) is 11.5 Å². The fourth-order valence-corrected chi connectivity index (χ4v) is 13.6. The molecule has 0 radical (unpaired) electrons. The first kappa shape index (κ1) is 25.6. The minimum atomic E-state index is -2.28. The summed E-state index contributed by atoms with van der Waals surface area (Å²) in [6.45, 7) is 10.8. The maximum atomic E-state index is 12.1. The average Bonchev–Trinajstić information content (AvgIpc) is 3.39. The highest BCUT2D eigenvalue weighted by molar-refractivity contribution is 9.00. The molecule has 2 aliphatic rings. The summed E-state index contributed by atoms with van der Waals surface area (Å²) in [5, 5.41) is 11.3. The van der Waals surface area contributed by atoms with Gasteiger partial charge in [-0.1, -0.05) is 43.5 Å². The second kappa shape index (κ2) is 9.21. The third-order valence-electron chi connectivity index (χ3n) is 6.27. The molecule has 0 unspecified atom stereocenters. The van der Waals surface area contributed by atoms with Crippen molar-refractivity contribution in [1.82, 2.24) is 19.5 Å². The van der Waals surface area contributed by atoms with Crippen LogP contribution >= 0.6 is 27.4 Å². The highest BCUT2D eigenvalue weighted by Crippen LogP contribution is 2.74. The summed E-state index contributed by atoms with van der Waals surface area (Å²) in [5.41, 5.74) is -1.04. The number of aromatic nitrogens is 4. The van der Waals surface area contributed by atoms with Crippen LogP contribution in [0.2, 0.25) is 18.1 Å². The number of ether oxygens (including phenoxy) is 1. The molecule has 2 fully saturated rings. The number of imidazole rings is 1. The van der Waals surface area contributed by atoms with Crippen LogP contribution in [0.3, 0.4) is 0 Å². The molecule has 0 saturated carbocycles. The lowest BCUT2D eigenvalue weighted by Gasteiger charge is -2.40. The highest BCUT2D eigenvalue weighted by atomic mass is 33.2. The molecule has 0 amide bonds. The maximum Gasteiger partial charge on any atom is 0.327 e. The van der Waals surface area contributed by atoms with Gasteiger partial charge in [0, 0.05) is 11.5 Å². The summed E-state index contributed by atoms with van der Waals surface area (Å²) < 4.78 is 18.4. The minimum absolute atomic E-state index is 0.0566. The molecule has 0 aliphatic carbocycles. The summed E-state index contributed by atoms with van der Waals surface area (Å²) in [6.07, 6.45) is -1.86. The van der Waals surface area contributed by atoms with E-state index in [-0.39, 0.29) is 22.8 Å². The molecule has 4 rings (SSSR count).